The molecule has 0 atom stereocenters. The quantitative estimate of drug-likeness (QED) is 0.762. The van der Waals surface area contributed by atoms with Crippen molar-refractivity contribution in [3.63, 3.8) is 0 Å². The Kier molecular flexibility index (Phi) is 2.63. The summed E-state index contributed by atoms with van der Waals surface area (Å²) in [5.74, 6) is 0.513. The van der Waals surface area contributed by atoms with Crippen molar-refractivity contribution in [2.75, 3.05) is 24.7 Å². The molecule has 3 rings (SSSR count). The summed E-state index contributed by atoms with van der Waals surface area (Å²) in [5, 5.41) is 0. The van der Waals surface area contributed by atoms with Gasteiger partial charge in [-0.05, 0) is 36.4 Å². The van der Waals surface area contributed by atoms with E-state index in [4.69, 9.17) is 5.73 Å². The van der Waals surface area contributed by atoms with Crippen LogP contribution in [0.25, 0.3) is 16.7 Å². The summed E-state index contributed by atoms with van der Waals surface area (Å²) in [6.07, 6.45) is 0. The monoisotopic (exact) mass is 252 g/mol. The third-order valence-electron chi connectivity index (χ3n) is 3.21. The smallest absolute Gasteiger partial charge is 0.205 e. The van der Waals surface area contributed by atoms with E-state index < -0.39 is 0 Å². The molecule has 1 heterocycles. The maximum absolute atomic E-state index is 6.02. The topological polar surface area (TPSA) is 47.1 Å². The minimum atomic E-state index is 0.513. The van der Waals surface area contributed by atoms with Crippen LogP contribution in [-0.4, -0.2) is 23.6 Å². The standard InChI is InChI=1S/C15H16N4/c1-18(2)11-7-9-12(10-8-11)19-14-6-4-3-5-13(14)17-15(19)16/h3-10H,1-2H3,(H2,16,17). The molecule has 0 aliphatic carbocycles. The molecule has 4 nitrogen and oxygen atoms in total. The van der Waals surface area contributed by atoms with Gasteiger partial charge in [-0.3, -0.25) is 4.57 Å². The van der Waals surface area contributed by atoms with Gasteiger partial charge in [-0.1, -0.05) is 12.1 Å². The molecule has 0 aliphatic heterocycles. The summed E-state index contributed by atoms with van der Waals surface area (Å²) in [4.78, 5) is 6.45. The van der Waals surface area contributed by atoms with Crippen molar-refractivity contribution in [1.82, 2.24) is 9.55 Å². The molecule has 0 aliphatic rings. The Morgan fingerprint density at radius 3 is 2.37 bits per heavy atom. The fourth-order valence-corrected chi connectivity index (χ4v) is 2.22. The number of benzene rings is 2. The van der Waals surface area contributed by atoms with Crippen LogP contribution in [0, 0.1) is 0 Å². The summed E-state index contributed by atoms with van der Waals surface area (Å²) >= 11 is 0. The number of imidazole rings is 1. The lowest BCUT2D eigenvalue weighted by atomic mass is 10.2. The zero-order valence-electron chi connectivity index (χ0n) is 11.0. The number of nitrogen functional groups attached to an aromatic ring is 1. The highest BCUT2D eigenvalue weighted by atomic mass is 15.2. The van der Waals surface area contributed by atoms with Gasteiger partial charge in [0.15, 0.2) is 0 Å². The van der Waals surface area contributed by atoms with Gasteiger partial charge in [0.25, 0.3) is 0 Å². The predicted molar refractivity (Wildman–Crippen MR) is 79.8 cm³/mol. The van der Waals surface area contributed by atoms with E-state index in [0.717, 1.165) is 22.4 Å². The van der Waals surface area contributed by atoms with Crippen LogP contribution in [0.2, 0.25) is 0 Å². The first-order chi connectivity index (χ1) is 9.16. The van der Waals surface area contributed by atoms with Crippen molar-refractivity contribution in [2.45, 2.75) is 0 Å². The van der Waals surface area contributed by atoms with Gasteiger partial charge in [0.1, 0.15) is 0 Å². The first-order valence-corrected chi connectivity index (χ1v) is 6.17. The van der Waals surface area contributed by atoms with Crippen LogP contribution in [0.15, 0.2) is 48.5 Å². The molecule has 0 spiro atoms. The Hall–Kier alpha value is -2.49. The van der Waals surface area contributed by atoms with Crippen molar-refractivity contribution in [3.05, 3.63) is 48.5 Å². The first-order valence-electron chi connectivity index (χ1n) is 6.17. The van der Waals surface area contributed by atoms with Gasteiger partial charge in [-0.25, -0.2) is 4.98 Å². The molecule has 0 saturated carbocycles. The third-order valence-corrected chi connectivity index (χ3v) is 3.21. The number of hydrogen-bond donors (Lipinski definition) is 1. The van der Waals surface area contributed by atoms with E-state index in [9.17, 15) is 0 Å². The highest BCUT2D eigenvalue weighted by molar-refractivity contribution is 5.80. The van der Waals surface area contributed by atoms with Crippen molar-refractivity contribution in [2.24, 2.45) is 0 Å². The van der Waals surface area contributed by atoms with Crippen LogP contribution in [0.4, 0.5) is 11.6 Å². The van der Waals surface area contributed by atoms with E-state index in [-0.39, 0.29) is 0 Å². The molecule has 0 fully saturated rings. The second kappa shape index (κ2) is 4.31. The molecule has 4 heteroatoms. The predicted octanol–water partition coefficient (Wildman–Crippen LogP) is 2.67. The van der Waals surface area contributed by atoms with E-state index in [2.05, 4.69) is 34.1 Å². The van der Waals surface area contributed by atoms with Gasteiger partial charge in [0.05, 0.1) is 11.0 Å². The molecule has 0 bridgehead atoms. The normalized spacial score (nSPS) is 10.8. The maximum atomic E-state index is 6.02. The number of fused-ring (bicyclic) bond motifs is 1. The zero-order chi connectivity index (χ0) is 13.4. The number of nitrogens with zero attached hydrogens (tertiary/aromatic N) is 3. The van der Waals surface area contributed by atoms with Crippen LogP contribution in [-0.2, 0) is 0 Å². The fraction of sp³-hybridized carbons (Fsp3) is 0.133. The Balaban J connectivity index is 2.16. The van der Waals surface area contributed by atoms with Crippen LogP contribution in [0.5, 0.6) is 0 Å². The van der Waals surface area contributed by atoms with Crippen molar-refractivity contribution >= 4 is 22.7 Å². The number of nitrogens with two attached hydrogens (primary N) is 1. The molecule has 0 saturated heterocycles. The minimum absolute atomic E-state index is 0.513. The molecule has 96 valence electrons. The molecule has 1 aromatic heterocycles. The molecular weight excluding hydrogens is 236 g/mol. The van der Waals surface area contributed by atoms with Crippen molar-refractivity contribution in [3.8, 4) is 5.69 Å². The molecule has 0 unspecified atom stereocenters. The van der Waals surface area contributed by atoms with E-state index in [0.29, 0.717) is 5.95 Å². The average Bonchev–Trinajstić information content (AvgIpc) is 2.74. The molecule has 2 aromatic carbocycles. The van der Waals surface area contributed by atoms with E-state index in [1.807, 2.05) is 42.9 Å². The van der Waals surface area contributed by atoms with Gasteiger partial charge in [-0.2, -0.15) is 0 Å². The summed E-state index contributed by atoms with van der Waals surface area (Å²) in [7, 11) is 4.05. The summed E-state index contributed by atoms with van der Waals surface area (Å²) < 4.78 is 1.97. The Labute approximate surface area is 112 Å². The van der Waals surface area contributed by atoms with E-state index in [1.165, 1.54) is 0 Å². The second-order valence-corrected chi connectivity index (χ2v) is 4.70. The highest BCUT2D eigenvalue weighted by Crippen LogP contribution is 2.24. The summed E-state index contributed by atoms with van der Waals surface area (Å²) in [6, 6.07) is 16.2. The molecule has 3 aromatic rings. The SMILES string of the molecule is CN(C)c1ccc(-n2c(N)nc3ccccc32)cc1. The zero-order valence-corrected chi connectivity index (χ0v) is 11.0. The van der Waals surface area contributed by atoms with Gasteiger partial charge >= 0.3 is 0 Å². The molecule has 0 radical (unpaired) electrons. The van der Waals surface area contributed by atoms with E-state index in [1.54, 1.807) is 0 Å². The van der Waals surface area contributed by atoms with Crippen molar-refractivity contribution in [1.29, 1.82) is 0 Å². The molecule has 2 N–H and O–H groups in total. The second-order valence-electron chi connectivity index (χ2n) is 4.70. The summed E-state index contributed by atoms with van der Waals surface area (Å²) in [6.45, 7) is 0. The number of rotatable bonds is 2. The lowest BCUT2D eigenvalue weighted by molar-refractivity contribution is 1.09. The van der Waals surface area contributed by atoms with Crippen LogP contribution < -0.4 is 10.6 Å². The number of hydrogen-bond acceptors (Lipinski definition) is 3. The average molecular weight is 252 g/mol. The fourth-order valence-electron chi connectivity index (χ4n) is 2.22. The Bertz CT molecular complexity index is 711. The lowest BCUT2D eigenvalue weighted by Gasteiger charge is -2.13. The molecule has 0 amide bonds. The number of anilines is 2. The van der Waals surface area contributed by atoms with Gasteiger partial charge in [0, 0.05) is 25.5 Å². The van der Waals surface area contributed by atoms with E-state index >= 15 is 0 Å². The first kappa shape index (κ1) is 11.6. The Morgan fingerprint density at radius 2 is 1.68 bits per heavy atom. The van der Waals surface area contributed by atoms with Crippen molar-refractivity contribution < 1.29 is 0 Å². The third kappa shape index (κ3) is 1.91. The maximum Gasteiger partial charge on any atom is 0.205 e. The lowest BCUT2D eigenvalue weighted by Crippen LogP contribution is -2.08. The molecule has 19 heavy (non-hydrogen) atoms. The van der Waals surface area contributed by atoms with Crippen LogP contribution >= 0.6 is 0 Å². The summed E-state index contributed by atoms with van der Waals surface area (Å²) in [5.41, 5.74) is 10.1. The Morgan fingerprint density at radius 1 is 1.00 bits per heavy atom. The van der Waals surface area contributed by atoms with Gasteiger partial charge in [0.2, 0.25) is 5.95 Å². The van der Waals surface area contributed by atoms with Gasteiger partial charge < -0.3 is 10.6 Å². The highest BCUT2D eigenvalue weighted by Gasteiger charge is 2.09. The number of aromatic nitrogens is 2. The van der Waals surface area contributed by atoms with Crippen LogP contribution in [0.1, 0.15) is 0 Å². The minimum Gasteiger partial charge on any atom is -0.378 e. The molecular formula is C15H16N4. The largest absolute Gasteiger partial charge is 0.378 e. The number of para-hydroxylation sites is 2. The van der Waals surface area contributed by atoms with Crippen LogP contribution in [0.3, 0.4) is 0 Å². The van der Waals surface area contributed by atoms with Gasteiger partial charge in [-0.15, -0.1) is 0 Å².